The van der Waals surface area contributed by atoms with E-state index in [2.05, 4.69) is 31.8 Å². The highest BCUT2D eigenvalue weighted by atomic mass is 79.9. The summed E-state index contributed by atoms with van der Waals surface area (Å²) in [5.74, 6) is 1.14. The number of thioether (sulfide) groups is 1. The van der Waals surface area contributed by atoms with Gasteiger partial charge in [-0.2, -0.15) is 5.10 Å². The molecule has 2 amide bonds. The van der Waals surface area contributed by atoms with E-state index in [9.17, 15) is 9.59 Å². The number of nitrogens with zero attached hydrogens (tertiary/aromatic N) is 1. The van der Waals surface area contributed by atoms with E-state index < -0.39 is 0 Å². The summed E-state index contributed by atoms with van der Waals surface area (Å²) in [5.41, 5.74) is 5.06. The molecule has 9 heteroatoms. The van der Waals surface area contributed by atoms with Crippen LogP contribution in [0, 0.1) is 0 Å². The van der Waals surface area contributed by atoms with Crippen LogP contribution in [0.5, 0.6) is 5.75 Å². The highest BCUT2D eigenvalue weighted by Gasteiger charge is 2.05. The van der Waals surface area contributed by atoms with Gasteiger partial charge in [0.25, 0.3) is 5.91 Å². The van der Waals surface area contributed by atoms with Crippen LogP contribution in [0.15, 0.2) is 82.4 Å². The number of halogens is 2. The minimum atomic E-state index is -0.289. The second-order valence-corrected chi connectivity index (χ2v) is 9.17. The number of amides is 2. The van der Waals surface area contributed by atoms with Crippen molar-refractivity contribution in [2.75, 3.05) is 17.7 Å². The molecule has 33 heavy (non-hydrogen) atoms. The number of ether oxygens (including phenoxy) is 1. The van der Waals surface area contributed by atoms with Crippen LogP contribution in [-0.2, 0) is 15.3 Å². The molecule has 3 aromatic carbocycles. The zero-order valence-corrected chi connectivity index (χ0v) is 20.6. The molecule has 3 rings (SSSR count). The molecule has 0 unspecified atom stereocenters. The Morgan fingerprint density at radius 3 is 2.58 bits per heavy atom. The molecule has 0 spiro atoms. The van der Waals surface area contributed by atoms with Gasteiger partial charge in [0.15, 0.2) is 6.61 Å². The van der Waals surface area contributed by atoms with Crippen molar-refractivity contribution in [3.8, 4) is 5.75 Å². The summed E-state index contributed by atoms with van der Waals surface area (Å²) in [6.07, 6.45) is 1.55. The zero-order chi connectivity index (χ0) is 23.5. The van der Waals surface area contributed by atoms with Crippen LogP contribution < -0.4 is 15.5 Å². The lowest BCUT2D eigenvalue weighted by atomic mass is 10.2. The first-order valence-electron chi connectivity index (χ1n) is 9.90. The summed E-state index contributed by atoms with van der Waals surface area (Å²) in [6.45, 7) is -0.131. The normalized spacial score (nSPS) is 10.7. The Hall–Kier alpha value is -2.81. The van der Waals surface area contributed by atoms with Crippen molar-refractivity contribution in [1.29, 1.82) is 0 Å². The maximum absolute atomic E-state index is 12.0. The standard InChI is InChI=1S/C24H21BrClN3O3S/c25-19-4-1-3-18(11-19)15-33-16-24(31)29-27-13-17-7-9-22(10-8-17)32-14-23(30)28-21-6-2-5-20(26)12-21/h1-13H,14-16H2,(H,28,30)(H,29,31)/b27-13+. The van der Waals surface area contributed by atoms with Gasteiger partial charge in [-0.25, -0.2) is 5.43 Å². The van der Waals surface area contributed by atoms with E-state index in [-0.39, 0.29) is 18.4 Å². The van der Waals surface area contributed by atoms with Gasteiger partial charge in [0.05, 0.1) is 12.0 Å². The van der Waals surface area contributed by atoms with Crippen molar-refractivity contribution in [2.24, 2.45) is 5.10 Å². The van der Waals surface area contributed by atoms with E-state index in [1.54, 1.807) is 54.7 Å². The summed E-state index contributed by atoms with van der Waals surface area (Å²) in [5, 5.41) is 7.24. The number of hydrazone groups is 1. The Balaban J connectivity index is 1.36. The number of rotatable bonds is 10. The fourth-order valence-corrected chi connectivity index (χ4v) is 4.07. The lowest BCUT2D eigenvalue weighted by Crippen LogP contribution is -2.20. The molecule has 0 saturated carbocycles. The van der Waals surface area contributed by atoms with E-state index in [4.69, 9.17) is 16.3 Å². The summed E-state index contributed by atoms with van der Waals surface area (Å²) in [6, 6.07) is 21.9. The number of hydrogen-bond donors (Lipinski definition) is 2. The number of carbonyl (C=O) groups is 2. The SMILES string of the molecule is O=C(CSCc1cccc(Br)c1)N/N=C/c1ccc(OCC(=O)Nc2cccc(Cl)c2)cc1. The monoisotopic (exact) mass is 545 g/mol. The number of nitrogens with one attached hydrogen (secondary N) is 2. The molecule has 0 saturated heterocycles. The predicted octanol–water partition coefficient (Wildman–Crippen LogP) is 5.50. The highest BCUT2D eigenvalue weighted by molar-refractivity contribution is 9.10. The summed E-state index contributed by atoms with van der Waals surface area (Å²) in [4.78, 5) is 23.9. The molecule has 6 nitrogen and oxygen atoms in total. The van der Waals surface area contributed by atoms with Crippen molar-refractivity contribution in [3.63, 3.8) is 0 Å². The Kier molecular flexibility index (Phi) is 9.80. The van der Waals surface area contributed by atoms with Crippen LogP contribution in [0.4, 0.5) is 5.69 Å². The lowest BCUT2D eigenvalue weighted by molar-refractivity contribution is -0.119. The van der Waals surface area contributed by atoms with E-state index in [1.165, 1.54) is 11.8 Å². The van der Waals surface area contributed by atoms with E-state index in [1.807, 2.05) is 24.3 Å². The van der Waals surface area contributed by atoms with Gasteiger partial charge in [0.1, 0.15) is 5.75 Å². The van der Waals surface area contributed by atoms with E-state index in [0.29, 0.717) is 22.2 Å². The molecule has 0 fully saturated rings. The van der Waals surface area contributed by atoms with E-state index in [0.717, 1.165) is 21.4 Å². The fraction of sp³-hybridized carbons (Fsp3) is 0.125. The van der Waals surface area contributed by atoms with Gasteiger partial charge in [-0.15, -0.1) is 11.8 Å². The number of benzene rings is 3. The third kappa shape index (κ3) is 9.29. The quantitative estimate of drug-likeness (QED) is 0.260. The van der Waals surface area contributed by atoms with Crippen LogP contribution in [-0.4, -0.2) is 30.4 Å². The van der Waals surface area contributed by atoms with Gasteiger partial charge in [-0.1, -0.05) is 45.7 Å². The van der Waals surface area contributed by atoms with Gasteiger partial charge < -0.3 is 10.1 Å². The second-order valence-electron chi connectivity index (χ2n) is 6.83. The molecule has 0 bridgehead atoms. The van der Waals surface area contributed by atoms with Crippen molar-refractivity contribution >= 4 is 63.0 Å². The van der Waals surface area contributed by atoms with Crippen LogP contribution in [0.3, 0.4) is 0 Å². The molecular weight excluding hydrogens is 526 g/mol. The van der Waals surface area contributed by atoms with Gasteiger partial charge in [-0.05, 0) is 65.7 Å². The van der Waals surface area contributed by atoms with Crippen LogP contribution in [0.2, 0.25) is 5.02 Å². The third-order valence-electron chi connectivity index (χ3n) is 4.15. The number of anilines is 1. The van der Waals surface area contributed by atoms with Gasteiger partial charge in [0, 0.05) is 20.9 Å². The Bertz CT molecular complexity index is 1130. The smallest absolute Gasteiger partial charge is 0.262 e. The molecule has 0 heterocycles. The topological polar surface area (TPSA) is 79.8 Å². The largest absolute Gasteiger partial charge is 0.484 e. The Morgan fingerprint density at radius 1 is 1.03 bits per heavy atom. The molecule has 0 radical (unpaired) electrons. The molecule has 0 aliphatic carbocycles. The van der Waals surface area contributed by atoms with Crippen molar-refractivity contribution in [1.82, 2.24) is 5.43 Å². The van der Waals surface area contributed by atoms with Gasteiger partial charge in [0.2, 0.25) is 5.91 Å². The van der Waals surface area contributed by atoms with Gasteiger partial charge >= 0.3 is 0 Å². The third-order valence-corrected chi connectivity index (χ3v) is 5.88. The molecule has 170 valence electrons. The maximum Gasteiger partial charge on any atom is 0.262 e. The Labute approximate surface area is 209 Å². The first kappa shape index (κ1) is 24.8. The maximum atomic E-state index is 12.0. The van der Waals surface area contributed by atoms with Crippen molar-refractivity contribution in [2.45, 2.75) is 5.75 Å². The molecule has 3 aromatic rings. The lowest BCUT2D eigenvalue weighted by Gasteiger charge is -2.08. The van der Waals surface area contributed by atoms with Crippen molar-refractivity contribution in [3.05, 3.63) is 93.4 Å². The molecular formula is C24H21BrClN3O3S. The highest BCUT2D eigenvalue weighted by Crippen LogP contribution is 2.17. The minimum absolute atomic E-state index is 0.131. The molecule has 0 aliphatic heterocycles. The van der Waals surface area contributed by atoms with Crippen LogP contribution in [0.1, 0.15) is 11.1 Å². The zero-order valence-electron chi connectivity index (χ0n) is 17.5. The summed E-state index contributed by atoms with van der Waals surface area (Å²) >= 11 is 10.9. The average molecular weight is 547 g/mol. The average Bonchev–Trinajstić information content (AvgIpc) is 2.79. The van der Waals surface area contributed by atoms with Crippen LogP contribution >= 0.6 is 39.3 Å². The first-order valence-corrected chi connectivity index (χ1v) is 12.2. The summed E-state index contributed by atoms with van der Waals surface area (Å²) < 4.78 is 6.51. The first-order chi connectivity index (χ1) is 16.0. The van der Waals surface area contributed by atoms with E-state index >= 15 is 0 Å². The molecule has 0 aliphatic rings. The second kappa shape index (κ2) is 13.0. The Morgan fingerprint density at radius 2 is 1.82 bits per heavy atom. The van der Waals surface area contributed by atoms with Crippen molar-refractivity contribution < 1.29 is 14.3 Å². The van der Waals surface area contributed by atoms with Gasteiger partial charge in [-0.3, -0.25) is 9.59 Å². The number of carbonyl (C=O) groups excluding carboxylic acids is 2. The molecule has 2 N–H and O–H groups in total. The summed E-state index contributed by atoms with van der Waals surface area (Å²) in [7, 11) is 0. The van der Waals surface area contributed by atoms with Crippen LogP contribution in [0.25, 0.3) is 0 Å². The minimum Gasteiger partial charge on any atom is -0.484 e. The molecule has 0 aromatic heterocycles. The fourth-order valence-electron chi connectivity index (χ4n) is 2.66. The number of hydrogen-bond acceptors (Lipinski definition) is 5. The molecule has 0 atom stereocenters. The predicted molar refractivity (Wildman–Crippen MR) is 138 cm³/mol.